The van der Waals surface area contributed by atoms with E-state index in [1.54, 1.807) is 0 Å². The smallest absolute Gasteiger partial charge is 0.225 e. The van der Waals surface area contributed by atoms with Crippen LogP contribution >= 0.6 is 0 Å². The van der Waals surface area contributed by atoms with Crippen molar-refractivity contribution < 1.29 is 22.0 Å². The van der Waals surface area contributed by atoms with Crippen LogP contribution < -0.4 is 0 Å². The van der Waals surface area contributed by atoms with Gasteiger partial charge in [0.2, 0.25) is 0 Å². The normalized spacial score (nSPS) is 30.7. The average molecular weight is 172 g/mol. The lowest BCUT2D eigenvalue weighted by Gasteiger charge is -1.92. The predicted octanol–water partition coefficient (Wildman–Crippen LogP) is 2.56. The lowest BCUT2D eigenvalue weighted by molar-refractivity contribution is -0.0278. The summed E-state index contributed by atoms with van der Waals surface area (Å²) in [7, 11) is 0. The van der Waals surface area contributed by atoms with Crippen LogP contribution in [0, 0.1) is 0 Å². The van der Waals surface area contributed by atoms with Gasteiger partial charge in [-0.05, 0) is 13.0 Å². The van der Waals surface area contributed by atoms with Crippen LogP contribution in [0.2, 0.25) is 0 Å². The topological polar surface area (TPSA) is 0 Å². The summed E-state index contributed by atoms with van der Waals surface area (Å²) in [5.41, 5.74) is -3.76. The average Bonchev–Trinajstić information content (AvgIpc) is 2.12. The van der Waals surface area contributed by atoms with Gasteiger partial charge in [0.1, 0.15) is 0 Å². The maximum absolute atomic E-state index is 12.5. The molecule has 64 valence electrons. The molecule has 0 aliphatic heterocycles. The van der Waals surface area contributed by atoms with Crippen molar-refractivity contribution in [3.63, 3.8) is 0 Å². The van der Waals surface area contributed by atoms with Gasteiger partial charge in [0.15, 0.2) is 0 Å². The highest BCUT2D eigenvalue weighted by atomic mass is 19.3. The van der Waals surface area contributed by atoms with Crippen molar-refractivity contribution >= 4 is 0 Å². The van der Waals surface area contributed by atoms with Gasteiger partial charge in [0, 0.05) is 0 Å². The van der Waals surface area contributed by atoms with E-state index in [1.165, 1.54) is 6.92 Å². The van der Waals surface area contributed by atoms with Gasteiger partial charge in [-0.15, -0.1) is 0 Å². The van der Waals surface area contributed by atoms with E-state index in [2.05, 4.69) is 0 Å². The molecule has 0 bridgehead atoms. The first-order valence-electron chi connectivity index (χ1n) is 2.89. The summed E-state index contributed by atoms with van der Waals surface area (Å²) in [6, 6.07) is 0. The molecule has 1 saturated carbocycles. The Kier molecular flexibility index (Phi) is 1.36. The molecule has 0 spiro atoms. The first-order valence-corrected chi connectivity index (χ1v) is 2.89. The highest BCUT2D eigenvalue weighted by Gasteiger charge is 2.97. The summed E-state index contributed by atoms with van der Waals surface area (Å²) >= 11 is 0. The fraction of sp³-hybridized carbons (Fsp3) is 0.667. The zero-order chi connectivity index (χ0) is 8.91. The van der Waals surface area contributed by atoms with E-state index in [1.807, 2.05) is 0 Å². The molecule has 0 nitrogen and oxygen atoms in total. The lowest BCUT2D eigenvalue weighted by atomic mass is 10.3. The molecule has 0 saturated heterocycles. The Morgan fingerprint density at radius 3 is 1.36 bits per heavy atom. The van der Waals surface area contributed by atoms with Crippen molar-refractivity contribution in [2.75, 3.05) is 0 Å². The van der Waals surface area contributed by atoms with Gasteiger partial charge in [0.25, 0.3) is 5.67 Å². The van der Waals surface area contributed by atoms with Crippen LogP contribution in [0.1, 0.15) is 6.92 Å². The third-order valence-corrected chi connectivity index (χ3v) is 1.64. The van der Waals surface area contributed by atoms with Gasteiger partial charge in [-0.2, -0.15) is 17.6 Å². The third kappa shape index (κ3) is 0.636. The molecule has 0 unspecified atom stereocenters. The molecule has 0 N–H and O–H groups in total. The molecule has 1 fully saturated rings. The number of rotatable bonds is 1. The molecular weight excluding hydrogens is 167 g/mol. The second-order valence-corrected chi connectivity index (χ2v) is 2.36. The number of hydrogen-bond acceptors (Lipinski definition) is 0. The van der Waals surface area contributed by atoms with Crippen LogP contribution in [0.25, 0.3) is 0 Å². The molecule has 0 radical (unpaired) electrons. The van der Waals surface area contributed by atoms with Crippen molar-refractivity contribution in [3.8, 4) is 0 Å². The summed E-state index contributed by atoms with van der Waals surface area (Å²) in [6.07, 6.45) is 1.03. The molecule has 0 aromatic carbocycles. The van der Waals surface area contributed by atoms with Crippen LogP contribution in [0.3, 0.4) is 0 Å². The Labute approximate surface area is 59.7 Å². The van der Waals surface area contributed by atoms with Crippen molar-refractivity contribution in [1.29, 1.82) is 0 Å². The molecule has 1 aliphatic rings. The Morgan fingerprint density at radius 2 is 1.27 bits per heavy atom. The van der Waals surface area contributed by atoms with E-state index < -0.39 is 17.5 Å². The van der Waals surface area contributed by atoms with Crippen molar-refractivity contribution in [2.24, 2.45) is 0 Å². The van der Waals surface area contributed by atoms with E-state index in [0.717, 1.165) is 6.08 Å². The number of alkyl halides is 5. The summed E-state index contributed by atoms with van der Waals surface area (Å²) in [5, 5.41) is 0. The molecule has 0 heterocycles. The molecule has 1 rings (SSSR count). The molecule has 0 aromatic heterocycles. The van der Waals surface area contributed by atoms with Gasteiger partial charge in [-0.25, -0.2) is 4.39 Å². The van der Waals surface area contributed by atoms with Crippen LogP contribution in [0.15, 0.2) is 12.2 Å². The Balaban J connectivity index is 2.96. The van der Waals surface area contributed by atoms with Crippen LogP contribution in [0.5, 0.6) is 0 Å². The predicted molar refractivity (Wildman–Crippen MR) is 28.5 cm³/mol. The van der Waals surface area contributed by atoms with E-state index >= 15 is 0 Å². The largest absolute Gasteiger partial charge is 0.357 e. The highest BCUT2D eigenvalue weighted by Crippen LogP contribution is 2.68. The highest BCUT2D eigenvalue weighted by molar-refractivity contribution is 5.36. The van der Waals surface area contributed by atoms with Crippen LogP contribution in [-0.2, 0) is 0 Å². The van der Waals surface area contributed by atoms with Crippen LogP contribution in [-0.4, -0.2) is 17.5 Å². The van der Waals surface area contributed by atoms with Crippen molar-refractivity contribution in [2.45, 2.75) is 24.4 Å². The Hall–Kier alpha value is -0.610. The number of hydrogen-bond donors (Lipinski definition) is 0. The fourth-order valence-corrected chi connectivity index (χ4v) is 0.845. The quantitative estimate of drug-likeness (QED) is 0.421. The first kappa shape index (κ1) is 8.49. The summed E-state index contributed by atoms with van der Waals surface area (Å²) in [4.78, 5) is 0. The maximum Gasteiger partial charge on any atom is 0.357 e. The summed E-state index contributed by atoms with van der Waals surface area (Å²) < 4.78 is 60.3. The van der Waals surface area contributed by atoms with Gasteiger partial charge in [0.05, 0.1) is 0 Å². The number of allylic oxidation sites excluding steroid dienone is 2. The Bertz CT molecular complexity index is 191. The van der Waals surface area contributed by atoms with E-state index in [4.69, 9.17) is 0 Å². The molecule has 0 atom stereocenters. The zero-order valence-electron chi connectivity index (χ0n) is 5.54. The van der Waals surface area contributed by atoms with Gasteiger partial charge >= 0.3 is 11.8 Å². The maximum atomic E-state index is 12.5. The fourth-order valence-electron chi connectivity index (χ4n) is 0.845. The SMILES string of the molecule is C/C=C/C1(F)C(F)(F)C1(F)F. The molecule has 1 aliphatic carbocycles. The second kappa shape index (κ2) is 1.76. The minimum atomic E-state index is -4.54. The molecular formula is C6H5F5. The molecule has 11 heavy (non-hydrogen) atoms. The third-order valence-electron chi connectivity index (χ3n) is 1.64. The van der Waals surface area contributed by atoms with Gasteiger partial charge in [-0.3, -0.25) is 0 Å². The zero-order valence-corrected chi connectivity index (χ0v) is 5.54. The monoisotopic (exact) mass is 172 g/mol. The number of halogens is 5. The van der Waals surface area contributed by atoms with Crippen LogP contribution in [0.4, 0.5) is 22.0 Å². The van der Waals surface area contributed by atoms with E-state index in [9.17, 15) is 22.0 Å². The van der Waals surface area contributed by atoms with Crippen molar-refractivity contribution in [3.05, 3.63) is 12.2 Å². The first-order chi connectivity index (χ1) is 4.81. The van der Waals surface area contributed by atoms with E-state index in [-0.39, 0.29) is 6.08 Å². The Morgan fingerprint density at radius 1 is 0.909 bits per heavy atom. The van der Waals surface area contributed by atoms with Gasteiger partial charge in [-0.1, -0.05) is 6.08 Å². The molecule has 0 amide bonds. The molecule has 5 heteroatoms. The minimum Gasteiger partial charge on any atom is -0.225 e. The summed E-state index contributed by atoms with van der Waals surface area (Å²) in [5.74, 6) is -9.07. The molecule has 0 aromatic rings. The second-order valence-electron chi connectivity index (χ2n) is 2.36. The van der Waals surface area contributed by atoms with Gasteiger partial charge < -0.3 is 0 Å². The minimum absolute atomic E-state index is 0.188. The standard InChI is InChI=1S/C6H5F5/c1-2-3-4(7)5(8,9)6(4,10)11/h2-3H,1H3/b3-2+. The van der Waals surface area contributed by atoms with E-state index in [0.29, 0.717) is 0 Å². The lowest BCUT2D eigenvalue weighted by Crippen LogP contribution is -2.08. The van der Waals surface area contributed by atoms with Crippen molar-refractivity contribution in [1.82, 2.24) is 0 Å². The summed E-state index contributed by atoms with van der Waals surface area (Å²) in [6.45, 7) is 1.20.